The largest absolute Gasteiger partial charge is 0.481 e. The number of carboxylic acids is 1. The maximum Gasteiger partial charge on any atom is 0.314 e. The third-order valence-electron chi connectivity index (χ3n) is 3.26. The number of carbonyl (C=O) groups is 1. The lowest BCUT2D eigenvalue weighted by Crippen LogP contribution is -2.42. The normalized spacial score (nSPS) is 18.3. The number of aryl methyl sites for hydroxylation is 1. The third-order valence-corrected chi connectivity index (χ3v) is 3.91. The van der Waals surface area contributed by atoms with E-state index in [1.165, 1.54) is 0 Å². The van der Waals surface area contributed by atoms with Gasteiger partial charge in [-0.15, -0.1) is 0 Å². The van der Waals surface area contributed by atoms with E-state index in [-0.39, 0.29) is 0 Å². The molecule has 0 atom stereocenters. The maximum atomic E-state index is 11.3. The van der Waals surface area contributed by atoms with Crippen LogP contribution in [0.4, 0.5) is 0 Å². The number of hydrogen-bond acceptors (Lipinski definition) is 1. The summed E-state index contributed by atoms with van der Waals surface area (Å²) in [5.41, 5.74) is 1.43. The van der Waals surface area contributed by atoms with E-state index in [1.807, 2.05) is 25.1 Å². The van der Waals surface area contributed by atoms with Crippen LogP contribution >= 0.6 is 15.9 Å². The van der Waals surface area contributed by atoms with Crippen LogP contribution in [-0.2, 0) is 10.2 Å². The molecule has 2 rings (SSSR count). The molecule has 1 fully saturated rings. The SMILES string of the molecule is Cc1ccc(C2(C(=O)O)CCC2)c(Br)c1. The minimum absolute atomic E-state index is 0.632. The molecule has 1 aliphatic carbocycles. The van der Waals surface area contributed by atoms with E-state index in [1.54, 1.807) is 0 Å². The molecule has 3 heteroatoms. The van der Waals surface area contributed by atoms with Crippen molar-refractivity contribution in [2.24, 2.45) is 0 Å². The average molecular weight is 269 g/mol. The first-order valence-electron chi connectivity index (χ1n) is 5.06. The lowest BCUT2D eigenvalue weighted by molar-refractivity contribution is -0.147. The maximum absolute atomic E-state index is 11.3. The molecule has 1 saturated carbocycles. The molecular formula is C12H13BrO2. The number of aliphatic carboxylic acids is 1. The highest BCUT2D eigenvalue weighted by molar-refractivity contribution is 9.10. The molecule has 1 aromatic rings. The predicted octanol–water partition coefficient (Wildman–Crippen LogP) is 3.26. The zero-order valence-electron chi connectivity index (χ0n) is 8.59. The van der Waals surface area contributed by atoms with Crippen LogP contribution in [0.15, 0.2) is 22.7 Å². The summed E-state index contributed by atoms with van der Waals surface area (Å²) < 4.78 is 0.921. The Kier molecular flexibility index (Phi) is 2.59. The first-order valence-corrected chi connectivity index (χ1v) is 5.85. The van der Waals surface area contributed by atoms with Crippen LogP contribution in [0.2, 0.25) is 0 Å². The van der Waals surface area contributed by atoms with Crippen LogP contribution in [-0.4, -0.2) is 11.1 Å². The monoisotopic (exact) mass is 268 g/mol. The number of hydrogen-bond donors (Lipinski definition) is 1. The average Bonchev–Trinajstić information content (AvgIpc) is 2.05. The Hall–Kier alpha value is -0.830. The van der Waals surface area contributed by atoms with Crippen molar-refractivity contribution in [1.29, 1.82) is 0 Å². The quantitative estimate of drug-likeness (QED) is 0.894. The molecule has 0 spiro atoms. The van der Waals surface area contributed by atoms with Gasteiger partial charge in [-0.2, -0.15) is 0 Å². The molecule has 1 aromatic carbocycles. The number of halogens is 1. The standard InChI is InChI=1S/C12H13BrO2/c1-8-3-4-9(10(13)7-8)12(11(14)15)5-2-6-12/h3-4,7H,2,5-6H2,1H3,(H,14,15). The van der Waals surface area contributed by atoms with Gasteiger partial charge in [-0.1, -0.05) is 34.5 Å². The van der Waals surface area contributed by atoms with Crippen molar-refractivity contribution in [1.82, 2.24) is 0 Å². The smallest absolute Gasteiger partial charge is 0.314 e. The van der Waals surface area contributed by atoms with Gasteiger partial charge in [0.2, 0.25) is 0 Å². The number of carboxylic acid groups (broad SMARTS) is 1. The van der Waals surface area contributed by atoms with Gasteiger partial charge in [-0.05, 0) is 37.0 Å². The summed E-state index contributed by atoms with van der Waals surface area (Å²) in [5, 5.41) is 9.31. The van der Waals surface area contributed by atoms with E-state index >= 15 is 0 Å². The number of rotatable bonds is 2. The number of benzene rings is 1. The molecule has 0 amide bonds. The molecule has 0 radical (unpaired) electrons. The molecule has 0 unspecified atom stereocenters. The molecule has 80 valence electrons. The van der Waals surface area contributed by atoms with Crippen LogP contribution in [0, 0.1) is 6.92 Å². The molecule has 1 N–H and O–H groups in total. The fraction of sp³-hybridized carbons (Fsp3) is 0.417. The van der Waals surface area contributed by atoms with Gasteiger partial charge >= 0.3 is 5.97 Å². The fourth-order valence-corrected chi connectivity index (χ4v) is 3.01. The van der Waals surface area contributed by atoms with Gasteiger partial charge in [0.1, 0.15) is 0 Å². The molecule has 0 saturated heterocycles. The predicted molar refractivity (Wildman–Crippen MR) is 62.0 cm³/mol. The minimum atomic E-state index is -0.696. The van der Waals surface area contributed by atoms with Crippen molar-refractivity contribution in [2.75, 3.05) is 0 Å². The second kappa shape index (κ2) is 3.63. The van der Waals surface area contributed by atoms with E-state index in [2.05, 4.69) is 15.9 Å². The van der Waals surface area contributed by atoms with Crippen molar-refractivity contribution >= 4 is 21.9 Å². The van der Waals surface area contributed by atoms with Crippen molar-refractivity contribution in [3.63, 3.8) is 0 Å². The van der Waals surface area contributed by atoms with Crippen LogP contribution < -0.4 is 0 Å². The zero-order chi connectivity index (χ0) is 11.1. The van der Waals surface area contributed by atoms with E-state index in [4.69, 9.17) is 0 Å². The Bertz CT molecular complexity index is 408. The van der Waals surface area contributed by atoms with Crippen molar-refractivity contribution in [3.05, 3.63) is 33.8 Å². The second-order valence-electron chi connectivity index (χ2n) is 4.22. The molecule has 0 aromatic heterocycles. The summed E-state index contributed by atoms with van der Waals surface area (Å²) in [5.74, 6) is -0.696. The zero-order valence-corrected chi connectivity index (χ0v) is 10.2. The minimum Gasteiger partial charge on any atom is -0.481 e. The van der Waals surface area contributed by atoms with Crippen LogP contribution in [0.3, 0.4) is 0 Å². The van der Waals surface area contributed by atoms with E-state index in [0.29, 0.717) is 0 Å². The van der Waals surface area contributed by atoms with Crippen LogP contribution in [0.5, 0.6) is 0 Å². The van der Waals surface area contributed by atoms with E-state index in [0.717, 1.165) is 34.9 Å². The summed E-state index contributed by atoms with van der Waals surface area (Å²) in [6, 6.07) is 5.90. The van der Waals surface area contributed by atoms with Gasteiger partial charge in [-0.3, -0.25) is 4.79 Å². The molecule has 1 aliphatic rings. The lowest BCUT2D eigenvalue weighted by Gasteiger charge is -2.38. The molecular weight excluding hydrogens is 256 g/mol. The summed E-state index contributed by atoms with van der Waals surface area (Å²) in [6.07, 6.45) is 2.51. The van der Waals surface area contributed by atoms with Gasteiger partial charge in [0.15, 0.2) is 0 Å². The Morgan fingerprint density at radius 1 is 1.47 bits per heavy atom. The molecule has 0 aliphatic heterocycles. The Morgan fingerprint density at radius 3 is 2.53 bits per heavy atom. The highest BCUT2D eigenvalue weighted by Gasteiger charge is 2.46. The lowest BCUT2D eigenvalue weighted by atomic mass is 9.64. The molecule has 0 heterocycles. The van der Waals surface area contributed by atoms with Crippen molar-refractivity contribution in [3.8, 4) is 0 Å². The Morgan fingerprint density at radius 2 is 2.13 bits per heavy atom. The van der Waals surface area contributed by atoms with Crippen molar-refractivity contribution in [2.45, 2.75) is 31.6 Å². The highest BCUT2D eigenvalue weighted by atomic mass is 79.9. The summed E-state index contributed by atoms with van der Waals surface area (Å²) in [6.45, 7) is 2.00. The van der Waals surface area contributed by atoms with Crippen LogP contribution in [0.25, 0.3) is 0 Å². The first-order chi connectivity index (χ1) is 7.06. The van der Waals surface area contributed by atoms with Gasteiger partial charge < -0.3 is 5.11 Å². The molecule has 15 heavy (non-hydrogen) atoms. The first kappa shape index (κ1) is 10.7. The summed E-state index contributed by atoms with van der Waals surface area (Å²) in [4.78, 5) is 11.3. The second-order valence-corrected chi connectivity index (χ2v) is 5.08. The summed E-state index contributed by atoms with van der Waals surface area (Å²) in [7, 11) is 0. The molecule has 0 bridgehead atoms. The Balaban J connectivity index is 2.48. The topological polar surface area (TPSA) is 37.3 Å². The third kappa shape index (κ3) is 1.59. The molecule has 2 nitrogen and oxygen atoms in total. The highest BCUT2D eigenvalue weighted by Crippen LogP contribution is 2.46. The Labute approximate surface area is 97.4 Å². The van der Waals surface area contributed by atoms with Gasteiger partial charge in [-0.25, -0.2) is 0 Å². The van der Waals surface area contributed by atoms with E-state index < -0.39 is 11.4 Å². The van der Waals surface area contributed by atoms with Gasteiger partial charge in [0.25, 0.3) is 0 Å². The van der Waals surface area contributed by atoms with Crippen molar-refractivity contribution < 1.29 is 9.90 Å². The summed E-state index contributed by atoms with van der Waals surface area (Å²) >= 11 is 3.46. The van der Waals surface area contributed by atoms with Crippen LogP contribution in [0.1, 0.15) is 30.4 Å². The van der Waals surface area contributed by atoms with Gasteiger partial charge in [0.05, 0.1) is 5.41 Å². The van der Waals surface area contributed by atoms with E-state index in [9.17, 15) is 9.90 Å². The van der Waals surface area contributed by atoms with Gasteiger partial charge in [0, 0.05) is 4.47 Å². The fourth-order valence-electron chi connectivity index (χ4n) is 2.14.